The summed E-state index contributed by atoms with van der Waals surface area (Å²) in [4.78, 5) is 13.5. The van der Waals surface area contributed by atoms with Crippen molar-refractivity contribution in [1.29, 1.82) is 0 Å². The number of carbonyl (C=O) groups excluding carboxylic acids is 1. The highest BCUT2D eigenvalue weighted by Gasteiger charge is 2.27. The molecule has 0 radical (unpaired) electrons. The van der Waals surface area contributed by atoms with Crippen LogP contribution in [0.4, 0.5) is 5.69 Å². The van der Waals surface area contributed by atoms with Crippen LogP contribution in [0.25, 0.3) is 0 Å². The Morgan fingerprint density at radius 1 is 1.26 bits per heavy atom. The summed E-state index contributed by atoms with van der Waals surface area (Å²) >= 11 is 0. The fourth-order valence-corrected chi connectivity index (χ4v) is 2.65. The van der Waals surface area contributed by atoms with E-state index in [1.54, 1.807) is 7.11 Å². The molecule has 0 N–H and O–H groups in total. The van der Waals surface area contributed by atoms with E-state index in [0.717, 1.165) is 22.7 Å². The highest BCUT2D eigenvalue weighted by Crippen LogP contribution is 2.42. The van der Waals surface area contributed by atoms with Crippen molar-refractivity contribution in [3.63, 3.8) is 0 Å². The lowest BCUT2D eigenvalue weighted by Crippen LogP contribution is -2.20. The summed E-state index contributed by atoms with van der Waals surface area (Å²) in [6.45, 7) is 4.21. The first-order valence-electron chi connectivity index (χ1n) is 7.48. The molecular formula is C19H19NO3. The van der Waals surface area contributed by atoms with Crippen LogP contribution in [-0.2, 0) is 11.3 Å². The predicted molar refractivity (Wildman–Crippen MR) is 89.7 cm³/mol. The zero-order valence-corrected chi connectivity index (χ0v) is 13.5. The van der Waals surface area contributed by atoms with Crippen LogP contribution in [0.2, 0.25) is 0 Å². The predicted octanol–water partition coefficient (Wildman–Crippen LogP) is 3.83. The molecule has 0 fully saturated rings. The Morgan fingerprint density at radius 2 is 2.09 bits per heavy atom. The molecule has 0 aliphatic carbocycles. The number of aryl methyl sites for hydroxylation is 1. The molecule has 0 amide bonds. The number of hydrogen-bond donors (Lipinski definition) is 0. The number of fused-ring (bicyclic) bond motifs is 1. The van der Waals surface area contributed by atoms with Crippen molar-refractivity contribution in [1.82, 2.24) is 0 Å². The van der Waals surface area contributed by atoms with E-state index in [-0.39, 0.29) is 5.78 Å². The Labute approximate surface area is 135 Å². The first-order chi connectivity index (χ1) is 11.1. The van der Waals surface area contributed by atoms with Crippen molar-refractivity contribution in [2.45, 2.75) is 20.4 Å². The van der Waals surface area contributed by atoms with E-state index in [4.69, 9.17) is 9.47 Å². The maximum absolute atomic E-state index is 11.5. The number of nitrogens with zero attached hydrogens (tertiary/aromatic N) is 1. The molecule has 0 saturated carbocycles. The number of ether oxygens (including phenoxy) is 2. The van der Waals surface area contributed by atoms with Crippen LogP contribution < -0.4 is 14.4 Å². The van der Waals surface area contributed by atoms with Gasteiger partial charge in [0.15, 0.2) is 11.5 Å². The summed E-state index contributed by atoms with van der Waals surface area (Å²) in [5, 5.41) is 0. The number of anilines is 1. The highest BCUT2D eigenvalue weighted by molar-refractivity contribution is 5.89. The molecule has 2 aromatic rings. The van der Waals surface area contributed by atoms with Crippen molar-refractivity contribution >= 4 is 11.5 Å². The number of carbonyl (C=O) groups is 1. The molecule has 2 aromatic carbocycles. The molecule has 0 aromatic heterocycles. The normalized spacial score (nSPS) is 14.6. The zero-order valence-electron chi connectivity index (χ0n) is 13.5. The van der Waals surface area contributed by atoms with Gasteiger partial charge >= 0.3 is 0 Å². The summed E-state index contributed by atoms with van der Waals surface area (Å²) in [5.74, 6) is 1.98. The van der Waals surface area contributed by atoms with E-state index in [1.165, 1.54) is 18.6 Å². The molecule has 1 heterocycles. The lowest BCUT2D eigenvalue weighted by atomic mass is 10.1. The Hall–Kier alpha value is -2.75. The summed E-state index contributed by atoms with van der Waals surface area (Å²) in [5.41, 5.74) is 3.25. The Kier molecular flexibility index (Phi) is 4.06. The molecule has 4 nitrogen and oxygen atoms in total. The van der Waals surface area contributed by atoms with Gasteiger partial charge in [-0.25, -0.2) is 0 Å². The van der Waals surface area contributed by atoms with E-state index >= 15 is 0 Å². The van der Waals surface area contributed by atoms with Crippen LogP contribution >= 0.6 is 0 Å². The van der Waals surface area contributed by atoms with Crippen LogP contribution in [0.3, 0.4) is 0 Å². The second kappa shape index (κ2) is 6.16. The molecule has 0 unspecified atom stereocenters. The second-order valence-corrected chi connectivity index (χ2v) is 5.60. The molecule has 0 bridgehead atoms. The van der Waals surface area contributed by atoms with Crippen molar-refractivity contribution in [3.05, 3.63) is 65.6 Å². The Morgan fingerprint density at radius 3 is 2.78 bits per heavy atom. The van der Waals surface area contributed by atoms with Crippen LogP contribution in [-0.4, -0.2) is 12.9 Å². The van der Waals surface area contributed by atoms with E-state index in [9.17, 15) is 4.79 Å². The summed E-state index contributed by atoms with van der Waals surface area (Å²) in [6, 6.07) is 13.9. The summed E-state index contributed by atoms with van der Waals surface area (Å²) < 4.78 is 11.1. The van der Waals surface area contributed by atoms with Gasteiger partial charge in [0.1, 0.15) is 5.75 Å². The van der Waals surface area contributed by atoms with Gasteiger partial charge in [0.2, 0.25) is 5.88 Å². The second-order valence-electron chi connectivity index (χ2n) is 5.60. The van der Waals surface area contributed by atoms with E-state index in [1.807, 2.05) is 29.2 Å². The molecule has 1 aliphatic heterocycles. The van der Waals surface area contributed by atoms with Gasteiger partial charge in [0.05, 0.1) is 19.3 Å². The first kappa shape index (κ1) is 15.2. The average molecular weight is 309 g/mol. The van der Waals surface area contributed by atoms with Crippen LogP contribution in [0, 0.1) is 6.92 Å². The lowest BCUT2D eigenvalue weighted by Gasteiger charge is -2.19. The minimum Gasteiger partial charge on any atom is -0.497 e. The first-order valence-corrected chi connectivity index (χ1v) is 7.48. The van der Waals surface area contributed by atoms with Crippen molar-refractivity contribution in [3.8, 4) is 11.5 Å². The maximum Gasteiger partial charge on any atom is 0.204 e. The third-order valence-electron chi connectivity index (χ3n) is 3.69. The largest absolute Gasteiger partial charge is 0.497 e. The number of benzene rings is 2. The monoisotopic (exact) mass is 309 g/mol. The molecule has 23 heavy (non-hydrogen) atoms. The van der Waals surface area contributed by atoms with Gasteiger partial charge in [-0.3, -0.25) is 4.79 Å². The maximum atomic E-state index is 11.5. The van der Waals surface area contributed by atoms with Gasteiger partial charge < -0.3 is 14.4 Å². The van der Waals surface area contributed by atoms with Gasteiger partial charge in [0, 0.05) is 12.1 Å². The molecular weight excluding hydrogens is 290 g/mol. The third kappa shape index (κ3) is 3.21. The SMILES string of the molecule is COc1ccc2c(c1)N(Cc1cccc(C)c1)/C(=C/C(C)=O)O2. The van der Waals surface area contributed by atoms with Gasteiger partial charge in [-0.05, 0) is 31.5 Å². The van der Waals surface area contributed by atoms with Gasteiger partial charge in [-0.2, -0.15) is 0 Å². The topological polar surface area (TPSA) is 38.8 Å². The Bertz CT molecular complexity index is 780. The lowest BCUT2D eigenvalue weighted by molar-refractivity contribution is -0.112. The minimum atomic E-state index is -0.0472. The third-order valence-corrected chi connectivity index (χ3v) is 3.69. The zero-order chi connectivity index (χ0) is 16.4. The van der Waals surface area contributed by atoms with Gasteiger partial charge in [0.25, 0.3) is 0 Å². The molecule has 4 heteroatoms. The molecule has 0 atom stereocenters. The number of hydrogen-bond acceptors (Lipinski definition) is 4. The Balaban J connectivity index is 2.01. The molecule has 1 aliphatic rings. The number of rotatable bonds is 4. The smallest absolute Gasteiger partial charge is 0.204 e. The van der Waals surface area contributed by atoms with Crippen molar-refractivity contribution in [2.75, 3.05) is 12.0 Å². The number of allylic oxidation sites excluding steroid dienone is 1. The van der Waals surface area contributed by atoms with Crippen molar-refractivity contribution < 1.29 is 14.3 Å². The van der Waals surface area contributed by atoms with Gasteiger partial charge in [-0.15, -0.1) is 0 Å². The number of ketones is 1. The van der Waals surface area contributed by atoms with E-state index in [0.29, 0.717) is 12.4 Å². The fourth-order valence-electron chi connectivity index (χ4n) is 2.65. The van der Waals surface area contributed by atoms with Crippen molar-refractivity contribution in [2.24, 2.45) is 0 Å². The van der Waals surface area contributed by atoms with E-state index in [2.05, 4.69) is 25.1 Å². The molecule has 118 valence electrons. The highest BCUT2D eigenvalue weighted by atomic mass is 16.5. The minimum absolute atomic E-state index is 0.0472. The average Bonchev–Trinajstić information content (AvgIpc) is 2.83. The fraction of sp³-hybridized carbons (Fsp3) is 0.211. The summed E-state index contributed by atoms with van der Waals surface area (Å²) in [6.07, 6.45) is 1.52. The number of methoxy groups -OCH3 is 1. The van der Waals surface area contributed by atoms with Gasteiger partial charge in [-0.1, -0.05) is 29.8 Å². The quantitative estimate of drug-likeness (QED) is 0.805. The van der Waals surface area contributed by atoms with E-state index < -0.39 is 0 Å². The molecule has 3 rings (SSSR count). The van der Waals surface area contributed by atoms with Crippen LogP contribution in [0.15, 0.2) is 54.4 Å². The van der Waals surface area contributed by atoms with Crippen LogP contribution in [0.5, 0.6) is 11.5 Å². The molecule has 0 spiro atoms. The molecule has 0 saturated heterocycles. The standard InChI is InChI=1S/C19H19NO3/c1-13-5-4-6-15(9-13)12-20-17-11-16(22-3)7-8-18(17)23-19(20)10-14(2)21/h4-11H,12H2,1-3H3/b19-10-. The summed E-state index contributed by atoms with van der Waals surface area (Å²) in [7, 11) is 1.63. The van der Waals surface area contributed by atoms with Crippen LogP contribution in [0.1, 0.15) is 18.1 Å².